The van der Waals surface area contributed by atoms with Crippen molar-refractivity contribution in [1.82, 2.24) is 10.3 Å². The van der Waals surface area contributed by atoms with E-state index in [2.05, 4.69) is 46.7 Å². The Balaban J connectivity index is 1.95. The third-order valence-corrected chi connectivity index (χ3v) is 5.27. The maximum absolute atomic E-state index is 6.05. The van der Waals surface area contributed by atoms with E-state index in [-0.39, 0.29) is 17.2 Å². The van der Waals surface area contributed by atoms with Crippen LogP contribution in [0.4, 0.5) is 0 Å². The molecule has 3 N–H and O–H groups in total. The van der Waals surface area contributed by atoms with Gasteiger partial charge in [0.2, 0.25) is 0 Å². The Labute approximate surface area is 169 Å². The standard InChI is InChI=1S/C19H20Cl2N4S/c1-25-17(12-2-6-14(20)7-3-12)10-16(23-24-19(22)26)11-18(25)13-4-8-15(21)9-5-13/h2-9,17-18H,10-11H2,1H3,(H3,22,24,26). The molecule has 3 rings (SSSR count). The van der Waals surface area contributed by atoms with Gasteiger partial charge in [-0.1, -0.05) is 47.5 Å². The van der Waals surface area contributed by atoms with Gasteiger partial charge in [0.1, 0.15) is 0 Å². The molecule has 2 unspecified atom stereocenters. The molecule has 0 amide bonds. The van der Waals surface area contributed by atoms with Crippen molar-refractivity contribution in [3.63, 3.8) is 0 Å². The van der Waals surface area contributed by atoms with Crippen LogP contribution >= 0.6 is 35.4 Å². The van der Waals surface area contributed by atoms with Gasteiger partial charge in [0.05, 0.1) is 0 Å². The van der Waals surface area contributed by atoms with Gasteiger partial charge in [-0.25, -0.2) is 0 Å². The van der Waals surface area contributed by atoms with Crippen LogP contribution in [-0.4, -0.2) is 22.8 Å². The fraction of sp³-hybridized carbons (Fsp3) is 0.263. The predicted molar refractivity (Wildman–Crippen MR) is 113 cm³/mol. The van der Waals surface area contributed by atoms with Gasteiger partial charge in [0.25, 0.3) is 0 Å². The highest BCUT2D eigenvalue weighted by Gasteiger charge is 2.33. The first-order valence-corrected chi connectivity index (χ1v) is 9.44. The highest BCUT2D eigenvalue weighted by molar-refractivity contribution is 7.80. The summed E-state index contributed by atoms with van der Waals surface area (Å²) in [5.41, 5.74) is 11.7. The number of nitrogens with zero attached hydrogens (tertiary/aromatic N) is 2. The van der Waals surface area contributed by atoms with Crippen LogP contribution in [0.3, 0.4) is 0 Å². The van der Waals surface area contributed by atoms with Crippen molar-refractivity contribution in [3.05, 3.63) is 69.7 Å². The highest BCUT2D eigenvalue weighted by Crippen LogP contribution is 2.39. The molecule has 7 heteroatoms. The first kappa shape index (κ1) is 19.1. The summed E-state index contributed by atoms with van der Waals surface area (Å²) in [7, 11) is 2.14. The van der Waals surface area contributed by atoms with Crippen LogP contribution in [0.25, 0.3) is 0 Å². The second-order valence-corrected chi connectivity index (χ2v) is 7.68. The highest BCUT2D eigenvalue weighted by atomic mass is 35.5. The van der Waals surface area contributed by atoms with E-state index < -0.39 is 0 Å². The van der Waals surface area contributed by atoms with Gasteiger partial charge in [-0.05, 0) is 54.7 Å². The van der Waals surface area contributed by atoms with E-state index in [1.165, 1.54) is 11.1 Å². The summed E-state index contributed by atoms with van der Waals surface area (Å²) in [6, 6.07) is 16.3. The topological polar surface area (TPSA) is 53.6 Å². The maximum atomic E-state index is 6.05. The Morgan fingerprint density at radius 1 is 1.00 bits per heavy atom. The Morgan fingerprint density at radius 3 is 1.81 bits per heavy atom. The van der Waals surface area contributed by atoms with Crippen LogP contribution in [0.1, 0.15) is 36.1 Å². The Morgan fingerprint density at radius 2 is 1.42 bits per heavy atom. The van der Waals surface area contributed by atoms with Crippen molar-refractivity contribution in [1.29, 1.82) is 0 Å². The molecule has 1 saturated heterocycles. The van der Waals surface area contributed by atoms with E-state index in [1.807, 2.05) is 24.3 Å². The molecule has 1 heterocycles. The van der Waals surface area contributed by atoms with Gasteiger partial charge in [0.15, 0.2) is 5.11 Å². The normalized spacial score (nSPS) is 20.7. The number of nitrogens with two attached hydrogens (primary N) is 1. The average molecular weight is 407 g/mol. The van der Waals surface area contributed by atoms with Crippen LogP contribution in [0.15, 0.2) is 53.6 Å². The van der Waals surface area contributed by atoms with E-state index in [1.54, 1.807) is 0 Å². The van der Waals surface area contributed by atoms with Gasteiger partial charge in [0, 0.05) is 40.7 Å². The quantitative estimate of drug-likeness (QED) is 0.573. The fourth-order valence-electron chi connectivity index (χ4n) is 3.34. The molecule has 26 heavy (non-hydrogen) atoms. The van der Waals surface area contributed by atoms with Crippen molar-refractivity contribution in [2.24, 2.45) is 10.8 Å². The number of hydrogen-bond acceptors (Lipinski definition) is 3. The number of benzene rings is 2. The lowest BCUT2D eigenvalue weighted by atomic mass is 9.87. The second-order valence-electron chi connectivity index (χ2n) is 6.36. The van der Waals surface area contributed by atoms with Crippen molar-refractivity contribution in [2.45, 2.75) is 24.9 Å². The molecule has 2 atom stereocenters. The Kier molecular flexibility index (Phi) is 6.14. The lowest BCUT2D eigenvalue weighted by Crippen LogP contribution is -2.38. The Bertz CT molecular complexity index is 748. The van der Waals surface area contributed by atoms with E-state index in [4.69, 9.17) is 41.2 Å². The Hall–Kier alpha value is -1.66. The smallest absolute Gasteiger partial charge is 0.184 e. The maximum Gasteiger partial charge on any atom is 0.184 e. The zero-order chi connectivity index (χ0) is 18.7. The van der Waals surface area contributed by atoms with Gasteiger partial charge < -0.3 is 5.73 Å². The molecule has 2 aromatic carbocycles. The molecule has 1 fully saturated rings. The summed E-state index contributed by atoms with van der Waals surface area (Å²) >= 11 is 17.0. The summed E-state index contributed by atoms with van der Waals surface area (Å²) in [5, 5.41) is 6.05. The van der Waals surface area contributed by atoms with Crippen LogP contribution in [0.5, 0.6) is 0 Å². The van der Waals surface area contributed by atoms with Gasteiger partial charge in [-0.3, -0.25) is 10.3 Å². The molecule has 0 radical (unpaired) electrons. The molecule has 0 aromatic heterocycles. The van der Waals surface area contributed by atoms with Crippen molar-refractivity contribution in [2.75, 3.05) is 7.05 Å². The molecule has 0 bridgehead atoms. The summed E-state index contributed by atoms with van der Waals surface area (Å²) in [4.78, 5) is 2.37. The largest absolute Gasteiger partial charge is 0.375 e. The number of likely N-dealkylation sites (tertiary alicyclic amines) is 1. The number of piperidine rings is 1. The minimum Gasteiger partial charge on any atom is -0.375 e. The van der Waals surface area contributed by atoms with Crippen molar-refractivity contribution in [3.8, 4) is 0 Å². The minimum absolute atomic E-state index is 0.169. The molecule has 2 aromatic rings. The predicted octanol–water partition coefficient (Wildman–Crippen LogP) is 4.69. The number of hydrogen-bond donors (Lipinski definition) is 2. The molecular weight excluding hydrogens is 387 g/mol. The number of nitrogens with one attached hydrogen (secondary N) is 1. The molecule has 1 aliphatic heterocycles. The lowest BCUT2D eigenvalue weighted by Gasteiger charge is -2.40. The van der Waals surface area contributed by atoms with Gasteiger partial charge in [-0.2, -0.15) is 5.10 Å². The first-order valence-electron chi connectivity index (χ1n) is 8.28. The minimum atomic E-state index is 0.169. The number of thiocarbonyl (C=S) groups is 1. The molecule has 0 spiro atoms. The molecule has 136 valence electrons. The number of hydrazone groups is 1. The van der Waals surface area contributed by atoms with Gasteiger partial charge in [-0.15, -0.1) is 0 Å². The van der Waals surface area contributed by atoms with E-state index in [0.717, 1.165) is 28.6 Å². The SMILES string of the molecule is CN1C(c2ccc(Cl)cc2)CC(=NNC(N)=S)CC1c1ccc(Cl)cc1. The molecule has 0 aliphatic carbocycles. The van der Waals surface area contributed by atoms with Crippen LogP contribution in [-0.2, 0) is 0 Å². The summed E-state index contributed by atoms with van der Waals surface area (Å²) in [6.45, 7) is 0. The van der Waals surface area contributed by atoms with E-state index >= 15 is 0 Å². The van der Waals surface area contributed by atoms with Crippen molar-refractivity contribution < 1.29 is 0 Å². The van der Waals surface area contributed by atoms with Crippen LogP contribution in [0.2, 0.25) is 10.0 Å². The van der Waals surface area contributed by atoms with E-state index in [0.29, 0.717) is 0 Å². The summed E-state index contributed by atoms with van der Waals surface area (Å²) < 4.78 is 0. The fourth-order valence-corrected chi connectivity index (χ4v) is 3.63. The molecule has 1 aliphatic rings. The molecular formula is C19H20Cl2N4S. The third kappa shape index (κ3) is 4.54. The van der Waals surface area contributed by atoms with Crippen LogP contribution in [0, 0.1) is 0 Å². The molecule has 0 saturated carbocycles. The lowest BCUT2D eigenvalue weighted by molar-refractivity contribution is 0.163. The average Bonchev–Trinajstić information content (AvgIpc) is 2.62. The summed E-state index contributed by atoms with van der Waals surface area (Å²) in [6.07, 6.45) is 1.58. The number of rotatable bonds is 3. The first-order chi connectivity index (χ1) is 12.4. The summed E-state index contributed by atoms with van der Waals surface area (Å²) in [5.74, 6) is 0. The zero-order valence-corrected chi connectivity index (χ0v) is 16.7. The van der Waals surface area contributed by atoms with Gasteiger partial charge >= 0.3 is 0 Å². The molecule has 4 nitrogen and oxygen atoms in total. The van der Waals surface area contributed by atoms with E-state index in [9.17, 15) is 0 Å². The van der Waals surface area contributed by atoms with Crippen LogP contribution < -0.4 is 11.2 Å². The van der Waals surface area contributed by atoms with Crippen molar-refractivity contribution >= 4 is 46.2 Å². The zero-order valence-electron chi connectivity index (χ0n) is 14.3. The monoisotopic (exact) mass is 406 g/mol. The number of halogens is 2. The second kappa shape index (κ2) is 8.35. The third-order valence-electron chi connectivity index (χ3n) is 4.67.